The number of fused-ring (bicyclic) bond motifs is 2. The Hall–Kier alpha value is -5.25. The number of aryl methyl sites for hydroxylation is 4. The van der Waals surface area contributed by atoms with Crippen LogP contribution >= 0.6 is 77.6 Å². The molecule has 0 fully saturated rings. The fraction of sp³-hybridized carbons (Fsp3) is 0.154. The van der Waals surface area contributed by atoms with Gasteiger partial charge in [0.05, 0.1) is 28.1 Å². The maximum absolute atomic E-state index is 12.5. The van der Waals surface area contributed by atoms with Gasteiger partial charge >= 0.3 is 0 Å². The fourth-order valence-electron chi connectivity index (χ4n) is 5.49. The van der Waals surface area contributed by atoms with Crippen LogP contribution in [0.2, 0.25) is 0 Å². The van der Waals surface area contributed by atoms with E-state index in [9.17, 15) is 24.0 Å². The van der Waals surface area contributed by atoms with Crippen LogP contribution in [0.1, 0.15) is 43.4 Å². The molecule has 0 spiro atoms. The summed E-state index contributed by atoms with van der Waals surface area (Å²) in [5.41, 5.74) is 3.84. The van der Waals surface area contributed by atoms with Crippen molar-refractivity contribution in [3.8, 4) is 21.4 Å². The molecule has 14 nitrogen and oxygen atoms in total. The van der Waals surface area contributed by atoms with Gasteiger partial charge in [-0.1, -0.05) is 12.1 Å². The van der Waals surface area contributed by atoms with Crippen LogP contribution in [0.4, 0.5) is 10.3 Å². The van der Waals surface area contributed by atoms with Crippen molar-refractivity contribution in [2.24, 2.45) is 0 Å². The van der Waals surface area contributed by atoms with Gasteiger partial charge in [-0.15, -0.1) is 22.7 Å². The first-order valence-corrected chi connectivity index (χ1v) is 21.9. The lowest BCUT2D eigenvalue weighted by atomic mass is 10.1. The Morgan fingerprint density at radius 3 is 1.39 bits per heavy atom. The molecule has 8 aromatic rings. The van der Waals surface area contributed by atoms with E-state index in [1.165, 1.54) is 39.7 Å². The van der Waals surface area contributed by atoms with Gasteiger partial charge in [0.25, 0.3) is 11.8 Å². The minimum Gasteiger partial charge on any atom is -0.451 e. The molecule has 0 radical (unpaired) electrons. The molecule has 0 atom stereocenters. The Balaban J connectivity index is 0.000000178. The van der Waals surface area contributed by atoms with Crippen LogP contribution < -0.4 is 21.5 Å². The third kappa shape index (κ3) is 10.7. The number of halogens is 2. The molecular formula is C39H31Br2N7O7S4. The van der Waals surface area contributed by atoms with Crippen LogP contribution in [0.5, 0.6) is 0 Å². The summed E-state index contributed by atoms with van der Waals surface area (Å²) in [6.45, 7) is 7.51. The van der Waals surface area contributed by atoms with Crippen LogP contribution in [-0.4, -0.2) is 55.9 Å². The third-order valence-electron chi connectivity index (χ3n) is 7.88. The smallest absolute Gasteiger partial charge is 0.293 e. The minimum absolute atomic E-state index is 0.0619. The molecule has 0 unspecified atom stereocenters. The molecule has 59 heavy (non-hydrogen) atoms. The number of carbonyl (C=O) groups is 3. The maximum atomic E-state index is 12.5. The first-order chi connectivity index (χ1) is 28.1. The van der Waals surface area contributed by atoms with Gasteiger partial charge in [-0.3, -0.25) is 34.6 Å². The molecule has 2 N–H and O–H groups in total. The number of anilines is 2. The van der Waals surface area contributed by atoms with E-state index < -0.39 is 11.8 Å². The molecule has 8 rings (SSSR count). The molecule has 0 aliphatic rings. The zero-order valence-electron chi connectivity index (χ0n) is 31.8. The maximum Gasteiger partial charge on any atom is 0.293 e. The van der Waals surface area contributed by atoms with Crippen molar-refractivity contribution >= 4 is 128 Å². The van der Waals surface area contributed by atoms with Crippen molar-refractivity contribution in [1.29, 1.82) is 0 Å². The second-order valence-electron chi connectivity index (χ2n) is 12.9. The third-order valence-corrected chi connectivity index (χ3v) is 12.4. The summed E-state index contributed by atoms with van der Waals surface area (Å²) >= 11 is 11.9. The topological polar surface area (TPSA) is 190 Å². The number of hydrogen-bond donors (Lipinski definition) is 2. The Morgan fingerprint density at radius 1 is 0.661 bits per heavy atom. The molecule has 3 amide bonds. The van der Waals surface area contributed by atoms with Gasteiger partial charge in [-0.2, -0.15) is 18.7 Å². The standard InChI is InChI=1S/2C18H12BrN3O3S2.C3H7NO/c2*1-8-5-9(2)15-10(23)7-12(25-11(15)6-8)17(24)21-18-20-16(22-27-18)13-3-4-14(19)26-13;1-4(2)3-5/h2*3-7H,1-2H3,(H,20,21,22,24);3H,1-2H3. The summed E-state index contributed by atoms with van der Waals surface area (Å²) in [5, 5.41) is 6.93. The van der Waals surface area contributed by atoms with Crippen LogP contribution in [0.3, 0.4) is 0 Å². The molecule has 0 aliphatic carbocycles. The van der Waals surface area contributed by atoms with Crippen molar-refractivity contribution in [2.75, 3.05) is 24.7 Å². The zero-order valence-corrected chi connectivity index (χ0v) is 38.3. The van der Waals surface area contributed by atoms with E-state index in [0.29, 0.717) is 43.9 Å². The van der Waals surface area contributed by atoms with Gasteiger partial charge in [0.15, 0.2) is 34.0 Å². The molecule has 6 heterocycles. The number of thiophene rings is 2. The predicted molar refractivity (Wildman–Crippen MR) is 241 cm³/mol. The second-order valence-corrected chi connectivity index (χ2v) is 19.3. The van der Waals surface area contributed by atoms with E-state index in [2.05, 4.69) is 61.2 Å². The second kappa shape index (κ2) is 18.8. The summed E-state index contributed by atoms with van der Waals surface area (Å²) in [7, 11) is 3.38. The summed E-state index contributed by atoms with van der Waals surface area (Å²) in [6, 6.07) is 17.3. The molecular weight excluding hydrogens is 967 g/mol. The highest BCUT2D eigenvalue weighted by Crippen LogP contribution is 2.32. The Labute approximate surface area is 368 Å². The molecule has 0 saturated heterocycles. The van der Waals surface area contributed by atoms with Gasteiger partial charge in [0.1, 0.15) is 11.2 Å². The molecule has 2 aromatic carbocycles. The molecule has 6 aromatic heterocycles. The van der Waals surface area contributed by atoms with Crippen molar-refractivity contribution < 1.29 is 23.2 Å². The highest BCUT2D eigenvalue weighted by Gasteiger charge is 2.19. The number of amides is 3. The first kappa shape index (κ1) is 43.3. The molecule has 0 aliphatic heterocycles. The average Bonchev–Trinajstić information content (AvgIpc) is 4.00. The quantitative estimate of drug-likeness (QED) is 0.145. The van der Waals surface area contributed by atoms with Crippen molar-refractivity contribution in [1.82, 2.24) is 23.6 Å². The van der Waals surface area contributed by atoms with Crippen molar-refractivity contribution in [3.05, 3.63) is 122 Å². The van der Waals surface area contributed by atoms with Gasteiger partial charge in [-0.25, -0.2) is 0 Å². The number of aromatic nitrogens is 4. The van der Waals surface area contributed by atoms with Gasteiger partial charge in [-0.05, 0) is 118 Å². The largest absolute Gasteiger partial charge is 0.451 e. The van der Waals surface area contributed by atoms with Crippen LogP contribution in [0, 0.1) is 27.7 Å². The summed E-state index contributed by atoms with van der Waals surface area (Å²) in [6.07, 6.45) is 0.750. The zero-order chi connectivity index (χ0) is 42.5. The number of carbonyl (C=O) groups excluding carboxylic acids is 3. The highest BCUT2D eigenvalue weighted by molar-refractivity contribution is 9.11. The number of benzene rings is 2. The van der Waals surface area contributed by atoms with Crippen molar-refractivity contribution in [2.45, 2.75) is 27.7 Å². The lowest BCUT2D eigenvalue weighted by Crippen LogP contribution is -2.15. The lowest BCUT2D eigenvalue weighted by Gasteiger charge is -2.05. The Morgan fingerprint density at radius 2 is 1.05 bits per heavy atom. The van der Waals surface area contributed by atoms with Gasteiger partial charge in [0, 0.05) is 49.3 Å². The molecule has 20 heteroatoms. The van der Waals surface area contributed by atoms with E-state index in [0.717, 1.165) is 69.1 Å². The lowest BCUT2D eigenvalue weighted by molar-refractivity contribution is -0.115. The van der Waals surface area contributed by atoms with E-state index >= 15 is 0 Å². The van der Waals surface area contributed by atoms with Crippen LogP contribution in [0.25, 0.3) is 43.3 Å². The first-order valence-electron chi connectivity index (χ1n) is 17.1. The normalized spacial score (nSPS) is 10.7. The summed E-state index contributed by atoms with van der Waals surface area (Å²) in [4.78, 5) is 71.2. The SMILES string of the molecule is CN(C)C=O.Cc1cc(C)c2c(=O)cc(C(=O)Nc3nc(-c4ccc(Br)s4)ns3)oc2c1.Cc1cc(C)c2c(=O)cc(C(=O)Nc3nc(-c4ccc(Br)s4)ns3)oc2c1. The Bertz CT molecular complexity index is 2790. The fourth-order valence-corrected chi connectivity index (χ4v) is 9.40. The minimum atomic E-state index is -0.539. The van der Waals surface area contributed by atoms with Crippen molar-refractivity contribution in [3.63, 3.8) is 0 Å². The van der Waals surface area contributed by atoms with E-state index in [1.807, 2.05) is 64.1 Å². The average molecular weight is 998 g/mol. The predicted octanol–water partition coefficient (Wildman–Crippen LogP) is 9.71. The number of nitrogens with one attached hydrogen (secondary N) is 2. The summed E-state index contributed by atoms with van der Waals surface area (Å²) < 4.78 is 21.8. The van der Waals surface area contributed by atoms with Gasteiger partial charge < -0.3 is 13.7 Å². The van der Waals surface area contributed by atoms with E-state index in [-0.39, 0.29) is 22.4 Å². The highest BCUT2D eigenvalue weighted by atomic mass is 79.9. The van der Waals surface area contributed by atoms with Gasteiger partial charge in [0.2, 0.25) is 16.7 Å². The van der Waals surface area contributed by atoms with Crippen LogP contribution in [-0.2, 0) is 4.79 Å². The monoisotopic (exact) mass is 995 g/mol. The number of nitrogens with zero attached hydrogens (tertiary/aromatic N) is 5. The Kier molecular flexibility index (Phi) is 13.8. The van der Waals surface area contributed by atoms with Crippen LogP contribution in [0.15, 0.2) is 86.7 Å². The molecule has 0 bridgehead atoms. The number of hydrogen-bond acceptors (Lipinski definition) is 15. The molecule has 302 valence electrons. The van der Waals surface area contributed by atoms with E-state index in [4.69, 9.17) is 8.83 Å². The number of rotatable bonds is 7. The molecule has 0 saturated carbocycles. The van der Waals surface area contributed by atoms with E-state index in [1.54, 1.807) is 26.2 Å². The summed E-state index contributed by atoms with van der Waals surface area (Å²) in [5.74, 6) is -0.123.